The number of amides is 1. The highest BCUT2D eigenvalue weighted by atomic mass is 35.5. The third kappa shape index (κ3) is 7.27. The molecule has 230 valence electrons. The van der Waals surface area contributed by atoms with Crippen LogP contribution in [-0.2, 0) is 20.7 Å². The molecule has 0 aromatic heterocycles. The first kappa shape index (κ1) is 32.7. The maximum atomic E-state index is 13.7. The number of carbonyl (C=O) groups is 2. The molecule has 2 saturated heterocycles. The maximum absolute atomic E-state index is 13.7. The lowest BCUT2D eigenvalue weighted by Crippen LogP contribution is -2.56. The van der Waals surface area contributed by atoms with Crippen molar-refractivity contribution in [2.24, 2.45) is 11.8 Å². The molecule has 3 fully saturated rings. The Morgan fingerprint density at radius 2 is 1.05 bits per heavy atom. The molecule has 0 radical (unpaired) electrons. The highest BCUT2D eigenvalue weighted by Gasteiger charge is 2.49. The highest BCUT2D eigenvalue weighted by Crippen LogP contribution is 2.51. The monoisotopic (exact) mass is 594 g/mol. The fourth-order valence-corrected chi connectivity index (χ4v) is 7.58. The Kier molecular flexibility index (Phi) is 11.3. The Hall–Kier alpha value is -2.25. The fourth-order valence-electron chi connectivity index (χ4n) is 7.36. The molecular formula is C35H51ClN4O2. The van der Waals surface area contributed by atoms with E-state index in [0.717, 1.165) is 77.5 Å². The van der Waals surface area contributed by atoms with E-state index in [-0.39, 0.29) is 28.2 Å². The lowest BCUT2D eigenvalue weighted by Gasteiger charge is -2.54. The zero-order valence-corrected chi connectivity index (χ0v) is 27.2. The van der Waals surface area contributed by atoms with Crippen LogP contribution in [0.15, 0.2) is 60.7 Å². The second-order valence-corrected chi connectivity index (χ2v) is 13.4. The molecule has 0 unspecified atom stereocenters. The van der Waals surface area contributed by atoms with Gasteiger partial charge in [0.15, 0.2) is 0 Å². The quantitative estimate of drug-likeness (QED) is 0.395. The van der Waals surface area contributed by atoms with Crippen LogP contribution in [-0.4, -0.2) is 92.2 Å². The minimum absolute atomic E-state index is 0.0109. The van der Waals surface area contributed by atoms with Crippen LogP contribution >= 0.6 is 11.6 Å². The Morgan fingerprint density at radius 3 is 1.45 bits per heavy atom. The van der Waals surface area contributed by atoms with Gasteiger partial charge in [0.05, 0.1) is 5.54 Å². The van der Waals surface area contributed by atoms with Crippen molar-refractivity contribution in [1.82, 2.24) is 19.6 Å². The van der Waals surface area contributed by atoms with Crippen molar-refractivity contribution in [2.45, 2.75) is 62.4 Å². The van der Waals surface area contributed by atoms with Crippen LogP contribution in [0.5, 0.6) is 0 Å². The molecule has 0 atom stereocenters. The second kappa shape index (κ2) is 14.5. The number of piperidine rings is 2. The first-order valence-electron chi connectivity index (χ1n) is 15.7. The Morgan fingerprint density at radius 1 is 0.667 bits per heavy atom. The molecular weight excluding hydrogens is 544 g/mol. The molecule has 42 heavy (non-hydrogen) atoms. The number of likely N-dealkylation sites (tertiary alicyclic amines) is 2. The van der Waals surface area contributed by atoms with Gasteiger partial charge in [-0.05, 0) is 128 Å². The summed E-state index contributed by atoms with van der Waals surface area (Å²) in [7, 11) is 10.7. The summed E-state index contributed by atoms with van der Waals surface area (Å²) in [4.78, 5) is 33.5. The predicted molar refractivity (Wildman–Crippen MR) is 172 cm³/mol. The summed E-state index contributed by atoms with van der Waals surface area (Å²) in [5.74, 6) is 0.600. The molecule has 2 aromatic rings. The van der Waals surface area contributed by atoms with Crippen molar-refractivity contribution < 1.29 is 9.59 Å². The number of carbonyl (C=O) groups excluding carboxylic acids is 2. The van der Waals surface area contributed by atoms with Gasteiger partial charge in [-0.15, -0.1) is 0 Å². The van der Waals surface area contributed by atoms with Crippen LogP contribution in [0.1, 0.15) is 62.5 Å². The van der Waals surface area contributed by atoms with E-state index >= 15 is 0 Å². The first-order valence-corrected chi connectivity index (χ1v) is 16.1. The summed E-state index contributed by atoms with van der Waals surface area (Å²) >= 11 is 5.35. The lowest BCUT2D eigenvalue weighted by atomic mass is 9.65. The number of hydrogen-bond donors (Lipinski definition) is 0. The summed E-state index contributed by atoms with van der Waals surface area (Å²) in [5, 5.41) is -0.159. The van der Waals surface area contributed by atoms with Crippen LogP contribution in [0.25, 0.3) is 0 Å². The van der Waals surface area contributed by atoms with Crippen LogP contribution in [0.2, 0.25) is 0 Å². The molecule has 3 aliphatic rings. The van der Waals surface area contributed by atoms with Gasteiger partial charge >= 0.3 is 0 Å². The van der Waals surface area contributed by atoms with Gasteiger partial charge in [-0.1, -0.05) is 60.7 Å². The van der Waals surface area contributed by atoms with Gasteiger partial charge in [0.1, 0.15) is 0 Å². The average Bonchev–Trinajstić information content (AvgIpc) is 3.02. The molecule has 6 nitrogen and oxygen atoms in total. The van der Waals surface area contributed by atoms with Gasteiger partial charge in [0, 0.05) is 24.4 Å². The molecule has 0 spiro atoms. The molecule has 0 N–H and O–H groups in total. The van der Waals surface area contributed by atoms with Crippen LogP contribution < -0.4 is 0 Å². The Bertz CT molecular complexity index is 1130. The topological polar surface area (TPSA) is 47.1 Å². The van der Waals surface area contributed by atoms with Crippen molar-refractivity contribution in [2.75, 3.05) is 61.4 Å². The fraction of sp³-hybridized carbons (Fsp3) is 0.600. The summed E-state index contributed by atoms with van der Waals surface area (Å²) in [6, 6.07) is 21.7. The summed E-state index contributed by atoms with van der Waals surface area (Å²) < 4.78 is 0. The highest BCUT2D eigenvalue weighted by molar-refractivity contribution is 6.63. The van der Waals surface area contributed by atoms with Crippen molar-refractivity contribution >= 4 is 22.8 Å². The molecule has 1 aliphatic carbocycles. The molecule has 0 bridgehead atoms. The molecule has 2 aliphatic heterocycles. The zero-order chi connectivity index (χ0) is 30.3. The minimum Gasteiger partial charge on any atom is -0.336 e. The van der Waals surface area contributed by atoms with Gasteiger partial charge in [-0.25, -0.2) is 0 Å². The van der Waals surface area contributed by atoms with E-state index in [4.69, 9.17) is 11.6 Å². The first-order chi connectivity index (χ1) is 20.1. The maximum Gasteiger partial charge on any atom is 0.226 e. The van der Waals surface area contributed by atoms with Crippen molar-refractivity contribution in [3.63, 3.8) is 0 Å². The number of hydrogen-bond acceptors (Lipinski definition) is 5. The molecule has 1 amide bonds. The zero-order valence-electron chi connectivity index (χ0n) is 26.4. The number of benzene rings is 2. The van der Waals surface area contributed by atoms with Gasteiger partial charge in [-0.2, -0.15) is 0 Å². The normalized spacial score (nSPS) is 26.4. The van der Waals surface area contributed by atoms with Gasteiger partial charge < -0.3 is 14.7 Å². The van der Waals surface area contributed by atoms with Crippen molar-refractivity contribution in [1.29, 1.82) is 0 Å². The smallest absolute Gasteiger partial charge is 0.226 e. The summed E-state index contributed by atoms with van der Waals surface area (Å²) in [6.07, 6.45) is 7.80. The predicted octanol–water partition coefficient (Wildman–Crippen LogP) is 5.81. The van der Waals surface area contributed by atoms with Crippen LogP contribution in [0.3, 0.4) is 0 Å². The van der Waals surface area contributed by atoms with E-state index < -0.39 is 0 Å². The third-order valence-electron chi connectivity index (χ3n) is 10.5. The average molecular weight is 595 g/mol. The van der Waals surface area contributed by atoms with E-state index in [9.17, 15) is 9.59 Å². The number of halogens is 1. The van der Waals surface area contributed by atoms with Gasteiger partial charge in [0.25, 0.3) is 0 Å². The number of nitrogens with zero attached hydrogens (tertiary/aromatic N) is 4. The summed E-state index contributed by atoms with van der Waals surface area (Å²) in [5.41, 5.74) is 2.44. The van der Waals surface area contributed by atoms with E-state index in [2.05, 4.69) is 116 Å². The van der Waals surface area contributed by atoms with Crippen LogP contribution in [0, 0.1) is 11.8 Å². The Balaban J connectivity index is 0.000000343. The van der Waals surface area contributed by atoms with Crippen molar-refractivity contribution in [3.8, 4) is 0 Å². The minimum atomic E-state index is -0.240. The molecule has 5 rings (SSSR count). The second-order valence-electron chi connectivity index (χ2n) is 13.0. The van der Waals surface area contributed by atoms with Gasteiger partial charge in [-0.3, -0.25) is 14.5 Å². The Labute approximate surface area is 259 Å². The molecule has 2 heterocycles. The molecule has 7 heteroatoms. The standard InChI is InChI=1S/C28H39N3O.C7H12ClNO/c1-29(2)27(24-11-7-5-8-12-24)17-19-28(20-18-27,25-13-9-6-10-14-25)31(4)26(32)23-15-21-30(3)22-16-23;1-9-4-2-6(3-5-9)7(8)10/h5-14,23H,15-22H2,1-4H3;6H,2-5H2,1H3. The third-order valence-corrected chi connectivity index (χ3v) is 10.8. The lowest BCUT2D eigenvalue weighted by molar-refractivity contribution is -0.145. The molecule has 2 aromatic carbocycles. The van der Waals surface area contributed by atoms with Gasteiger partial charge in [0.2, 0.25) is 11.1 Å². The van der Waals surface area contributed by atoms with E-state index in [0.29, 0.717) is 5.91 Å². The SMILES string of the molecule is CN1CCC(C(=O)Cl)CC1.CN1CCC(C(=O)N(C)C2(c3ccccc3)CCC(c3ccccc3)(N(C)C)CC2)CC1. The number of rotatable bonds is 6. The van der Waals surface area contributed by atoms with E-state index in [1.54, 1.807) is 0 Å². The largest absolute Gasteiger partial charge is 0.336 e. The van der Waals surface area contributed by atoms with Crippen LogP contribution in [0.4, 0.5) is 0 Å². The van der Waals surface area contributed by atoms with E-state index in [1.807, 2.05) is 0 Å². The summed E-state index contributed by atoms with van der Waals surface area (Å²) in [6.45, 7) is 4.03. The molecule has 1 saturated carbocycles. The van der Waals surface area contributed by atoms with Crippen molar-refractivity contribution in [3.05, 3.63) is 71.8 Å². The van der Waals surface area contributed by atoms with E-state index in [1.165, 1.54) is 11.1 Å².